The summed E-state index contributed by atoms with van der Waals surface area (Å²) in [6, 6.07) is 7.33. The van der Waals surface area contributed by atoms with E-state index < -0.39 is 0 Å². The van der Waals surface area contributed by atoms with Gasteiger partial charge in [-0.1, -0.05) is 11.6 Å². The first-order chi connectivity index (χ1) is 7.72. The van der Waals surface area contributed by atoms with Crippen LogP contribution in [-0.4, -0.2) is 9.38 Å². The van der Waals surface area contributed by atoms with Crippen molar-refractivity contribution in [2.45, 2.75) is 0 Å². The second kappa shape index (κ2) is 3.64. The van der Waals surface area contributed by atoms with E-state index >= 15 is 0 Å². The number of nitrogens with zero attached hydrogens (tertiary/aromatic N) is 2. The van der Waals surface area contributed by atoms with Crippen LogP contribution in [0.4, 0.5) is 0 Å². The predicted octanol–water partition coefficient (Wildman–Crippen LogP) is 4.01. The number of hydrogen-bond acceptors (Lipinski definition) is 2. The van der Waals surface area contributed by atoms with E-state index in [1.165, 1.54) is 0 Å². The molecule has 0 spiro atoms. The monoisotopic (exact) mass is 296 g/mol. The van der Waals surface area contributed by atoms with E-state index in [9.17, 15) is 0 Å². The van der Waals surface area contributed by atoms with Crippen LogP contribution in [0.5, 0.6) is 0 Å². The third kappa shape index (κ3) is 1.64. The number of aromatic nitrogens is 2. The van der Waals surface area contributed by atoms with Gasteiger partial charge in [0.15, 0.2) is 10.4 Å². The Kier molecular flexibility index (Phi) is 2.26. The summed E-state index contributed by atoms with van der Waals surface area (Å²) >= 11 is 9.16. The third-order valence-corrected chi connectivity index (χ3v) is 2.91. The number of fused-ring (bicyclic) bond motifs is 1. The fraction of sp³-hybridized carbons (Fsp3) is 0. The molecule has 0 aliphatic rings. The van der Waals surface area contributed by atoms with Crippen LogP contribution >= 0.6 is 27.5 Å². The summed E-state index contributed by atoms with van der Waals surface area (Å²) in [4.78, 5) is 4.42. The molecule has 0 bridgehead atoms. The van der Waals surface area contributed by atoms with Crippen molar-refractivity contribution in [2.24, 2.45) is 0 Å². The van der Waals surface area contributed by atoms with Gasteiger partial charge in [0.25, 0.3) is 0 Å². The summed E-state index contributed by atoms with van der Waals surface area (Å²) in [5.41, 5.74) is 1.59. The first-order valence-corrected chi connectivity index (χ1v) is 5.79. The molecule has 3 aromatic rings. The first-order valence-electron chi connectivity index (χ1n) is 4.62. The number of halogens is 2. The van der Waals surface area contributed by atoms with Crippen molar-refractivity contribution in [1.29, 1.82) is 0 Å². The van der Waals surface area contributed by atoms with E-state index in [-0.39, 0.29) is 0 Å². The molecule has 0 N–H and O–H groups in total. The standard InChI is InChI=1S/C11H6BrClN2O/c12-10-2-1-9(16-10)8-6-15-4-3-7(13)5-11(15)14-8/h1-6H. The molecule has 0 aliphatic heterocycles. The van der Waals surface area contributed by atoms with Crippen LogP contribution in [0.1, 0.15) is 0 Å². The molecule has 3 rings (SSSR count). The van der Waals surface area contributed by atoms with E-state index in [1.807, 2.05) is 41.1 Å². The molecule has 5 heteroatoms. The van der Waals surface area contributed by atoms with Gasteiger partial charge in [-0.25, -0.2) is 4.98 Å². The highest BCUT2D eigenvalue weighted by molar-refractivity contribution is 9.10. The molecule has 80 valence electrons. The van der Waals surface area contributed by atoms with Gasteiger partial charge in [0.2, 0.25) is 0 Å². The Morgan fingerprint density at radius 3 is 2.94 bits per heavy atom. The topological polar surface area (TPSA) is 30.4 Å². The lowest BCUT2D eigenvalue weighted by Crippen LogP contribution is -1.79. The molecule has 3 aromatic heterocycles. The predicted molar refractivity (Wildman–Crippen MR) is 65.6 cm³/mol. The van der Waals surface area contributed by atoms with Crippen LogP contribution < -0.4 is 0 Å². The molecule has 0 atom stereocenters. The first kappa shape index (κ1) is 9.93. The second-order valence-electron chi connectivity index (χ2n) is 3.34. The average molecular weight is 298 g/mol. The minimum absolute atomic E-state index is 0.672. The Morgan fingerprint density at radius 2 is 2.19 bits per heavy atom. The fourth-order valence-electron chi connectivity index (χ4n) is 1.53. The Bertz CT molecular complexity index is 659. The summed E-state index contributed by atoms with van der Waals surface area (Å²) in [6.45, 7) is 0. The average Bonchev–Trinajstić information content (AvgIpc) is 2.83. The van der Waals surface area contributed by atoms with Gasteiger partial charge in [0, 0.05) is 23.5 Å². The van der Waals surface area contributed by atoms with Crippen LogP contribution in [0, 0.1) is 0 Å². The summed E-state index contributed by atoms with van der Waals surface area (Å²) in [7, 11) is 0. The minimum Gasteiger partial charge on any atom is -0.448 e. The summed E-state index contributed by atoms with van der Waals surface area (Å²) < 4.78 is 8.03. The van der Waals surface area contributed by atoms with Crippen molar-refractivity contribution in [2.75, 3.05) is 0 Å². The Hall–Kier alpha value is -1.26. The SMILES string of the molecule is Clc1ccn2cc(-c3ccc(Br)o3)nc2c1. The van der Waals surface area contributed by atoms with E-state index in [0.29, 0.717) is 9.69 Å². The highest BCUT2D eigenvalue weighted by atomic mass is 79.9. The largest absolute Gasteiger partial charge is 0.448 e. The Morgan fingerprint density at radius 1 is 1.31 bits per heavy atom. The lowest BCUT2D eigenvalue weighted by Gasteiger charge is -1.90. The number of furan rings is 1. The van der Waals surface area contributed by atoms with Crippen molar-refractivity contribution in [3.8, 4) is 11.5 Å². The molecule has 3 nitrogen and oxygen atoms in total. The van der Waals surface area contributed by atoms with Gasteiger partial charge in [-0.05, 0) is 34.1 Å². The fourth-order valence-corrected chi connectivity index (χ4v) is 1.99. The van der Waals surface area contributed by atoms with Gasteiger partial charge >= 0.3 is 0 Å². The minimum atomic E-state index is 0.672. The molecule has 0 radical (unpaired) electrons. The number of hydrogen-bond donors (Lipinski definition) is 0. The van der Waals surface area contributed by atoms with E-state index in [2.05, 4.69) is 20.9 Å². The van der Waals surface area contributed by atoms with Gasteiger partial charge in [0.05, 0.1) is 0 Å². The lowest BCUT2D eigenvalue weighted by atomic mass is 10.4. The van der Waals surface area contributed by atoms with Crippen molar-refractivity contribution in [1.82, 2.24) is 9.38 Å². The molecule has 0 aromatic carbocycles. The summed E-state index contributed by atoms with van der Waals surface area (Å²) in [5, 5.41) is 0.672. The maximum absolute atomic E-state index is 5.89. The normalized spacial score (nSPS) is 11.1. The second-order valence-corrected chi connectivity index (χ2v) is 4.56. The van der Waals surface area contributed by atoms with Crippen LogP contribution in [0.25, 0.3) is 17.1 Å². The molecule has 0 amide bonds. The molecule has 0 unspecified atom stereocenters. The lowest BCUT2D eigenvalue weighted by molar-refractivity contribution is 0.554. The van der Waals surface area contributed by atoms with Gasteiger partial charge < -0.3 is 8.82 Å². The number of rotatable bonds is 1. The molecular formula is C11H6BrClN2O. The van der Waals surface area contributed by atoms with Gasteiger partial charge in [-0.2, -0.15) is 0 Å². The molecule has 0 saturated heterocycles. The highest BCUT2D eigenvalue weighted by Gasteiger charge is 2.08. The van der Waals surface area contributed by atoms with E-state index in [4.69, 9.17) is 16.0 Å². The van der Waals surface area contributed by atoms with Crippen LogP contribution in [-0.2, 0) is 0 Å². The quantitative estimate of drug-likeness (QED) is 0.679. The Balaban J connectivity index is 2.18. The molecule has 16 heavy (non-hydrogen) atoms. The number of pyridine rings is 1. The zero-order chi connectivity index (χ0) is 11.1. The third-order valence-electron chi connectivity index (χ3n) is 2.25. The maximum atomic E-state index is 5.89. The van der Waals surface area contributed by atoms with Crippen molar-refractivity contribution >= 4 is 33.2 Å². The molecular weight excluding hydrogens is 291 g/mol. The van der Waals surface area contributed by atoms with E-state index in [1.54, 1.807) is 0 Å². The number of imidazole rings is 1. The van der Waals surface area contributed by atoms with Crippen molar-refractivity contribution < 1.29 is 4.42 Å². The highest BCUT2D eigenvalue weighted by Crippen LogP contribution is 2.25. The molecule has 3 heterocycles. The van der Waals surface area contributed by atoms with Crippen molar-refractivity contribution in [3.63, 3.8) is 0 Å². The van der Waals surface area contributed by atoms with Crippen LogP contribution in [0.15, 0.2) is 45.7 Å². The van der Waals surface area contributed by atoms with Gasteiger partial charge in [-0.15, -0.1) is 0 Å². The Labute approximate surface area is 105 Å². The zero-order valence-electron chi connectivity index (χ0n) is 8.02. The zero-order valence-corrected chi connectivity index (χ0v) is 10.4. The molecule has 0 fully saturated rings. The smallest absolute Gasteiger partial charge is 0.169 e. The van der Waals surface area contributed by atoms with Gasteiger partial charge in [0.1, 0.15) is 11.3 Å². The molecule has 0 saturated carbocycles. The van der Waals surface area contributed by atoms with E-state index in [0.717, 1.165) is 17.1 Å². The van der Waals surface area contributed by atoms with Crippen LogP contribution in [0.3, 0.4) is 0 Å². The summed E-state index contributed by atoms with van der Waals surface area (Å²) in [5.74, 6) is 0.728. The van der Waals surface area contributed by atoms with Crippen LogP contribution in [0.2, 0.25) is 5.02 Å². The maximum Gasteiger partial charge on any atom is 0.169 e. The molecule has 0 aliphatic carbocycles. The van der Waals surface area contributed by atoms with Gasteiger partial charge in [-0.3, -0.25) is 0 Å². The summed E-state index contributed by atoms with van der Waals surface area (Å²) in [6.07, 6.45) is 3.77. The van der Waals surface area contributed by atoms with Crippen molar-refractivity contribution in [3.05, 3.63) is 46.4 Å².